The maximum atomic E-state index is 12.0. The molecule has 9 heteroatoms. The number of aliphatic carboxylic acids is 1. The zero-order chi connectivity index (χ0) is 15.9. The summed E-state index contributed by atoms with van der Waals surface area (Å²) in [4.78, 5) is 26.7. The number of β-lactam (4-membered cyclic amide) rings is 1. The minimum Gasteiger partial charge on any atom is -0.480 e. The van der Waals surface area contributed by atoms with Gasteiger partial charge in [-0.05, 0) is 6.92 Å². The molecule has 1 amide bonds. The van der Waals surface area contributed by atoms with Gasteiger partial charge in [-0.3, -0.25) is 4.79 Å². The molecule has 2 fully saturated rings. The summed E-state index contributed by atoms with van der Waals surface area (Å²) in [6.45, 7) is 1.57. The topological polar surface area (TPSA) is 81.1 Å². The van der Waals surface area contributed by atoms with Gasteiger partial charge in [-0.15, -0.1) is 11.8 Å². The molecule has 2 aliphatic heterocycles. The van der Waals surface area contributed by atoms with Crippen LogP contribution in [0.2, 0.25) is 0 Å². The molecule has 0 aromatic heterocycles. The molecule has 21 heavy (non-hydrogen) atoms. The summed E-state index contributed by atoms with van der Waals surface area (Å²) in [7, 11) is 3.68. The Hall–Kier alpha value is -0.510. The van der Waals surface area contributed by atoms with Crippen molar-refractivity contribution in [3.05, 3.63) is 0 Å². The van der Waals surface area contributed by atoms with Crippen molar-refractivity contribution < 1.29 is 19.8 Å². The molecule has 0 spiro atoms. The number of rotatable bonds is 4. The van der Waals surface area contributed by atoms with Crippen LogP contribution in [0.15, 0.2) is 0 Å². The lowest BCUT2D eigenvalue weighted by Crippen LogP contribution is -2.64. The van der Waals surface area contributed by atoms with Gasteiger partial charge in [0.05, 0.1) is 17.4 Å². The van der Waals surface area contributed by atoms with Gasteiger partial charge in [0, 0.05) is 25.1 Å². The van der Waals surface area contributed by atoms with Crippen molar-refractivity contribution in [2.45, 2.75) is 29.7 Å². The van der Waals surface area contributed by atoms with E-state index in [4.69, 9.17) is 12.2 Å². The molecule has 0 radical (unpaired) electrons. The van der Waals surface area contributed by atoms with Crippen LogP contribution in [-0.2, 0) is 9.59 Å². The van der Waals surface area contributed by atoms with Crippen molar-refractivity contribution in [1.82, 2.24) is 9.80 Å². The highest BCUT2D eigenvalue weighted by atomic mass is 32.2. The number of aliphatic hydroxyl groups is 1. The predicted molar refractivity (Wildman–Crippen MR) is 87.4 cm³/mol. The standard InChI is InChI=1S/C12H18N2O4S3/c1-5(15)7-9(16)14-8(11(17)18)6(21-10(7)14)4-20-12(19)13(2)3/h5-8,10,15H,4H2,1-3H3,(H,17,18)/t5-,6?,7+,8?,10-/m1/s1. The SMILES string of the molecule is C[C@@H](O)[C@H]1C(=O)N2C(C(=O)O)C(CSC(=S)N(C)C)S[C@H]12. The van der Waals surface area contributed by atoms with Gasteiger partial charge < -0.3 is 20.0 Å². The van der Waals surface area contributed by atoms with Crippen LogP contribution >= 0.6 is 35.7 Å². The normalized spacial score (nSPS) is 32.4. The fourth-order valence-electron chi connectivity index (χ4n) is 2.52. The molecule has 2 unspecified atom stereocenters. The number of hydrogen-bond donors (Lipinski definition) is 2. The van der Waals surface area contributed by atoms with E-state index in [1.54, 1.807) is 11.8 Å². The fraction of sp³-hybridized carbons (Fsp3) is 0.750. The highest BCUT2D eigenvalue weighted by molar-refractivity contribution is 8.23. The summed E-state index contributed by atoms with van der Waals surface area (Å²) in [5, 5.41) is 18.6. The van der Waals surface area contributed by atoms with Gasteiger partial charge in [0.2, 0.25) is 5.91 Å². The first kappa shape index (κ1) is 16.9. The van der Waals surface area contributed by atoms with Crippen LogP contribution in [0.5, 0.6) is 0 Å². The van der Waals surface area contributed by atoms with E-state index in [0.29, 0.717) is 10.1 Å². The number of thiocarbonyl (C=S) groups is 1. The second-order valence-corrected chi connectivity index (χ2v) is 8.35. The highest BCUT2D eigenvalue weighted by Crippen LogP contribution is 2.49. The van der Waals surface area contributed by atoms with E-state index in [9.17, 15) is 19.8 Å². The molecule has 2 saturated heterocycles. The van der Waals surface area contributed by atoms with E-state index in [-0.39, 0.29) is 16.5 Å². The molecular weight excluding hydrogens is 332 g/mol. The summed E-state index contributed by atoms with van der Waals surface area (Å²) < 4.78 is 0.687. The maximum Gasteiger partial charge on any atom is 0.327 e. The average molecular weight is 350 g/mol. The minimum absolute atomic E-state index is 0.219. The quantitative estimate of drug-likeness (QED) is 0.554. The number of carboxylic acid groups (broad SMARTS) is 1. The maximum absolute atomic E-state index is 12.0. The lowest BCUT2D eigenvalue weighted by atomic mass is 9.91. The third-order valence-corrected chi connectivity index (χ3v) is 7.24. The Morgan fingerprint density at radius 3 is 2.67 bits per heavy atom. The fourth-order valence-corrected chi connectivity index (χ4v) is 5.63. The third-order valence-electron chi connectivity index (χ3n) is 3.60. The molecule has 0 aliphatic carbocycles. The van der Waals surface area contributed by atoms with Crippen molar-refractivity contribution in [2.75, 3.05) is 19.8 Å². The minimum atomic E-state index is -0.997. The van der Waals surface area contributed by atoms with Gasteiger partial charge in [0.25, 0.3) is 0 Å². The van der Waals surface area contributed by atoms with Gasteiger partial charge in [-0.2, -0.15) is 0 Å². The molecule has 5 atom stereocenters. The summed E-state index contributed by atoms with van der Waals surface area (Å²) in [5.41, 5.74) is 0. The van der Waals surface area contributed by atoms with Crippen LogP contribution in [0.3, 0.4) is 0 Å². The number of carbonyl (C=O) groups is 2. The van der Waals surface area contributed by atoms with E-state index in [1.165, 1.54) is 28.4 Å². The van der Waals surface area contributed by atoms with Crippen molar-refractivity contribution in [1.29, 1.82) is 0 Å². The van der Waals surface area contributed by atoms with Gasteiger partial charge in [0.1, 0.15) is 10.4 Å². The Kier molecular flexibility index (Phi) is 5.07. The molecule has 118 valence electrons. The first-order valence-corrected chi connectivity index (χ1v) is 8.82. The Morgan fingerprint density at radius 1 is 1.57 bits per heavy atom. The van der Waals surface area contributed by atoms with Crippen LogP contribution in [0, 0.1) is 5.92 Å². The zero-order valence-corrected chi connectivity index (χ0v) is 14.4. The Morgan fingerprint density at radius 2 is 2.19 bits per heavy atom. The molecule has 0 aromatic rings. The van der Waals surface area contributed by atoms with E-state index in [1.807, 2.05) is 14.1 Å². The Bertz CT molecular complexity index is 471. The first-order chi connectivity index (χ1) is 9.75. The number of nitrogens with zero attached hydrogens (tertiary/aromatic N) is 2. The van der Waals surface area contributed by atoms with Gasteiger partial charge >= 0.3 is 5.97 Å². The van der Waals surface area contributed by atoms with Crippen LogP contribution in [0.1, 0.15) is 6.92 Å². The molecule has 0 bridgehead atoms. The first-order valence-electron chi connectivity index (χ1n) is 6.48. The average Bonchev–Trinajstić information content (AvgIpc) is 2.69. The van der Waals surface area contributed by atoms with Crippen molar-refractivity contribution in [3.63, 3.8) is 0 Å². The Labute approximate surface area is 137 Å². The van der Waals surface area contributed by atoms with Crippen LogP contribution in [-0.4, -0.2) is 78.8 Å². The van der Waals surface area contributed by atoms with Crippen molar-refractivity contribution in [3.8, 4) is 0 Å². The van der Waals surface area contributed by atoms with Crippen LogP contribution < -0.4 is 0 Å². The summed E-state index contributed by atoms with van der Waals surface area (Å²) >= 11 is 8.07. The van der Waals surface area contributed by atoms with Gasteiger partial charge in [0.15, 0.2) is 0 Å². The number of carbonyl (C=O) groups excluding carboxylic acids is 1. The highest BCUT2D eigenvalue weighted by Gasteiger charge is 2.61. The van der Waals surface area contributed by atoms with Crippen molar-refractivity contribution in [2.24, 2.45) is 5.92 Å². The van der Waals surface area contributed by atoms with Gasteiger partial charge in [-0.25, -0.2) is 4.79 Å². The monoisotopic (exact) mass is 350 g/mol. The second kappa shape index (κ2) is 6.31. The summed E-state index contributed by atoms with van der Waals surface area (Å²) in [6.07, 6.45) is -0.755. The number of hydrogen-bond acceptors (Lipinski definition) is 6. The smallest absolute Gasteiger partial charge is 0.327 e. The third kappa shape index (κ3) is 3.01. The molecule has 6 nitrogen and oxygen atoms in total. The lowest BCUT2D eigenvalue weighted by Gasteiger charge is -2.44. The largest absolute Gasteiger partial charge is 0.480 e. The molecule has 2 N–H and O–H groups in total. The Balaban J connectivity index is 2.07. The molecule has 2 rings (SSSR count). The van der Waals surface area contributed by atoms with Crippen molar-refractivity contribution >= 4 is 51.9 Å². The van der Waals surface area contributed by atoms with Crippen LogP contribution in [0.25, 0.3) is 0 Å². The molecule has 2 heterocycles. The molecule has 0 saturated carbocycles. The van der Waals surface area contributed by atoms with Crippen LogP contribution in [0.4, 0.5) is 0 Å². The van der Waals surface area contributed by atoms with E-state index >= 15 is 0 Å². The van der Waals surface area contributed by atoms with E-state index < -0.39 is 24.0 Å². The predicted octanol–water partition coefficient (Wildman–Crippen LogP) is 0.300. The number of fused-ring (bicyclic) bond motifs is 1. The summed E-state index contributed by atoms with van der Waals surface area (Å²) in [5.74, 6) is -1.22. The number of amides is 1. The molecular formula is C12H18N2O4S3. The number of carboxylic acids is 1. The number of thioether (sulfide) groups is 2. The molecule has 2 aliphatic rings. The lowest BCUT2D eigenvalue weighted by molar-refractivity contribution is -0.167. The second-order valence-electron chi connectivity index (χ2n) is 5.33. The summed E-state index contributed by atoms with van der Waals surface area (Å²) in [6, 6.07) is -0.833. The van der Waals surface area contributed by atoms with E-state index in [0.717, 1.165) is 0 Å². The zero-order valence-electron chi connectivity index (χ0n) is 11.9. The number of aliphatic hydroxyl groups excluding tert-OH is 1. The molecule has 0 aromatic carbocycles. The van der Waals surface area contributed by atoms with E-state index in [2.05, 4.69) is 0 Å². The van der Waals surface area contributed by atoms with Gasteiger partial charge in [-0.1, -0.05) is 24.0 Å².